The van der Waals surface area contributed by atoms with E-state index in [1.807, 2.05) is 31.2 Å². The predicted molar refractivity (Wildman–Crippen MR) is 115 cm³/mol. The first kappa shape index (κ1) is 20.5. The Hall–Kier alpha value is -3.81. The van der Waals surface area contributed by atoms with Gasteiger partial charge in [-0.1, -0.05) is 36.3 Å². The second-order valence-corrected chi connectivity index (χ2v) is 7.09. The Morgan fingerprint density at radius 2 is 1.87 bits per heavy atom. The number of nitrogens with zero attached hydrogens (tertiary/aromatic N) is 4. The second-order valence-electron chi connectivity index (χ2n) is 7.09. The minimum atomic E-state index is -0.539. The van der Waals surface area contributed by atoms with Crippen LogP contribution in [0.15, 0.2) is 51.8 Å². The van der Waals surface area contributed by atoms with Gasteiger partial charge in [0.1, 0.15) is 5.69 Å². The van der Waals surface area contributed by atoms with E-state index in [4.69, 9.17) is 9.26 Å². The lowest BCUT2D eigenvalue weighted by atomic mass is 10.1. The first-order chi connectivity index (χ1) is 15.0. The summed E-state index contributed by atoms with van der Waals surface area (Å²) in [4.78, 5) is 33.3. The highest BCUT2D eigenvalue weighted by Crippen LogP contribution is 2.18. The standard InChI is InChI=1S/C23H22N4O4/c1-4-15-6-8-16(9-7-15)21-25-20(31-26-21)13-30-23(29)17-10-11-19-18(12-17)24-14(3)22(28)27(19)5-2/h6-12H,4-5,13H2,1-3H3. The van der Waals surface area contributed by atoms with E-state index in [9.17, 15) is 9.59 Å². The van der Waals surface area contributed by atoms with Crippen molar-refractivity contribution in [2.24, 2.45) is 0 Å². The number of fused-ring (bicyclic) bond motifs is 1. The summed E-state index contributed by atoms with van der Waals surface area (Å²) in [5, 5.41) is 3.95. The molecule has 0 fully saturated rings. The van der Waals surface area contributed by atoms with Crippen LogP contribution in [0.25, 0.3) is 22.4 Å². The summed E-state index contributed by atoms with van der Waals surface area (Å²) >= 11 is 0. The summed E-state index contributed by atoms with van der Waals surface area (Å²) in [6.07, 6.45) is 0.952. The van der Waals surface area contributed by atoms with Crippen LogP contribution < -0.4 is 5.56 Å². The third kappa shape index (κ3) is 4.09. The Morgan fingerprint density at radius 1 is 1.10 bits per heavy atom. The van der Waals surface area contributed by atoms with E-state index in [-0.39, 0.29) is 18.1 Å². The van der Waals surface area contributed by atoms with E-state index < -0.39 is 5.97 Å². The fourth-order valence-corrected chi connectivity index (χ4v) is 3.35. The highest BCUT2D eigenvalue weighted by atomic mass is 16.6. The van der Waals surface area contributed by atoms with Gasteiger partial charge < -0.3 is 13.8 Å². The van der Waals surface area contributed by atoms with Crippen LogP contribution in [0.4, 0.5) is 0 Å². The molecule has 8 nitrogen and oxygen atoms in total. The summed E-state index contributed by atoms with van der Waals surface area (Å²) in [6.45, 7) is 6.01. The third-order valence-electron chi connectivity index (χ3n) is 5.08. The van der Waals surface area contributed by atoms with Crippen LogP contribution in [0.3, 0.4) is 0 Å². The van der Waals surface area contributed by atoms with E-state index in [1.165, 1.54) is 5.56 Å². The number of ether oxygens (including phenoxy) is 1. The zero-order valence-corrected chi connectivity index (χ0v) is 17.6. The molecule has 158 valence electrons. The van der Waals surface area contributed by atoms with Crippen LogP contribution >= 0.6 is 0 Å². The predicted octanol–water partition coefficient (Wildman–Crippen LogP) is 3.69. The molecule has 0 spiro atoms. The Morgan fingerprint density at radius 3 is 2.58 bits per heavy atom. The van der Waals surface area contributed by atoms with Gasteiger partial charge in [-0.2, -0.15) is 4.98 Å². The molecule has 4 aromatic rings. The van der Waals surface area contributed by atoms with Crippen LogP contribution in [-0.4, -0.2) is 25.7 Å². The molecule has 0 aliphatic heterocycles. The average molecular weight is 418 g/mol. The molecule has 2 heterocycles. The van der Waals surface area contributed by atoms with Gasteiger partial charge in [-0.05, 0) is 44.0 Å². The van der Waals surface area contributed by atoms with Crippen LogP contribution in [0.2, 0.25) is 0 Å². The smallest absolute Gasteiger partial charge is 0.338 e. The zero-order valence-electron chi connectivity index (χ0n) is 17.6. The van der Waals surface area contributed by atoms with Crippen molar-refractivity contribution < 1.29 is 14.1 Å². The van der Waals surface area contributed by atoms with Crippen LogP contribution in [0.1, 0.15) is 41.4 Å². The number of carbonyl (C=O) groups is 1. The van der Waals surface area contributed by atoms with Gasteiger partial charge in [-0.25, -0.2) is 9.78 Å². The van der Waals surface area contributed by atoms with Gasteiger partial charge in [0.05, 0.1) is 16.6 Å². The Bertz CT molecular complexity index is 1310. The van der Waals surface area contributed by atoms with Crippen molar-refractivity contribution in [1.82, 2.24) is 19.7 Å². The lowest BCUT2D eigenvalue weighted by Gasteiger charge is -2.09. The number of hydrogen-bond donors (Lipinski definition) is 0. The SMILES string of the molecule is CCc1ccc(-c2noc(COC(=O)c3ccc4c(c3)nc(C)c(=O)n4CC)n2)cc1. The number of carbonyl (C=O) groups excluding carboxylic acids is 1. The molecular weight excluding hydrogens is 396 g/mol. The molecule has 0 saturated heterocycles. The van der Waals surface area contributed by atoms with Gasteiger partial charge in [-0.15, -0.1) is 0 Å². The number of hydrogen-bond acceptors (Lipinski definition) is 7. The highest BCUT2D eigenvalue weighted by Gasteiger charge is 2.15. The van der Waals surface area contributed by atoms with Gasteiger partial charge in [-0.3, -0.25) is 4.79 Å². The number of benzene rings is 2. The Labute approximate surface area is 178 Å². The molecule has 0 aliphatic carbocycles. The molecule has 0 amide bonds. The van der Waals surface area contributed by atoms with Crippen LogP contribution in [0, 0.1) is 6.92 Å². The average Bonchev–Trinajstić information content (AvgIpc) is 3.27. The van der Waals surface area contributed by atoms with Crippen molar-refractivity contribution >= 4 is 17.0 Å². The molecule has 31 heavy (non-hydrogen) atoms. The maximum Gasteiger partial charge on any atom is 0.338 e. The van der Waals surface area contributed by atoms with Gasteiger partial charge in [0, 0.05) is 12.1 Å². The van der Waals surface area contributed by atoms with Gasteiger partial charge in [0.25, 0.3) is 11.4 Å². The van der Waals surface area contributed by atoms with E-state index >= 15 is 0 Å². The Balaban J connectivity index is 1.49. The highest BCUT2D eigenvalue weighted by molar-refractivity contribution is 5.93. The fraction of sp³-hybridized carbons (Fsp3) is 0.261. The lowest BCUT2D eigenvalue weighted by Crippen LogP contribution is -2.23. The fourth-order valence-electron chi connectivity index (χ4n) is 3.35. The Kier molecular flexibility index (Phi) is 5.62. The van der Waals surface area contributed by atoms with E-state index in [2.05, 4.69) is 22.0 Å². The molecule has 0 aliphatic rings. The number of aromatic nitrogens is 4. The quantitative estimate of drug-likeness (QED) is 0.440. The lowest BCUT2D eigenvalue weighted by molar-refractivity contribution is 0.0430. The van der Waals surface area contributed by atoms with Crippen molar-refractivity contribution in [3.8, 4) is 11.4 Å². The van der Waals surface area contributed by atoms with Crippen molar-refractivity contribution in [2.75, 3.05) is 0 Å². The van der Waals surface area contributed by atoms with Crippen LogP contribution in [0.5, 0.6) is 0 Å². The summed E-state index contributed by atoms with van der Waals surface area (Å²) in [6, 6.07) is 12.8. The molecule has 4 rings (SSSR count). The normalized spacial score (nSPS) is 11.1. The molecule has 0 saturated carbocycles. The zero-order chi connectivity index (χ0) is 22.0. The summed E-state index contributed by atoms with van der Waals surface area (Å²) in [7, 11) is 0. The topological polar surface area (TPSA) is 100 Å². The number of rotatable bonds is 6. The van der Waals surface area contributed by atoms with E-state index in [0.29, 0.717) is 34.7 Å². The molecule has 0 atom stereocenters. The molecule has 2 aromatic carbocycles. The maximum absolute atomic E-state index is 12.5. The first-order valence-electron chi connectivity index (χ1n) is 10.1. The minimum absolute atomic E-state index is 0.137. The molecule has 0 radical (unpaired) electrons. The second kappa shape index (κ2) is 8.51. The molecule has 2 aromatic heterocycles. The van der Waals surface area contributed by atoms with E-state index in [0.717, 1.165) is 12.0 Å². The molecular formula is C23H22N4O4. The largest absolute Gasteiger partial charge is 0.452 e. The number of esters is 1. The van der Waals surface area contributed by atoms with Gasteiger partial charge in [0.2, 0.25) is 5.82 Å². The maximum atomic E-state index is 12.5. The molecule has 8 heteroatoms. The van der Waals surface area contributed by atoms with Crippen molar-refractivity contribution in [3.05, 3.63) is 75.5 Å². The van der Waals surface area contributed by atoms with Crippen molar-refractivity contribution in [1.29, 1.82) is 0 Å². The minimum Gasteiger partial charge on any atom is -0.452 e. The summed E-state index contributed by atoms with van der Waals surface area (Å²) < 4.78 is 12.2. The molecule has 0 unspecified atom stereocenters. The first-order valence-corrected chi connectivity index (χ1v) is 10.1. The number of aryl methyl sites for hydroxylation is 3. The summed E-state index contributed by atoms with van der Waals surface area (Å²) in [5.74, 6) is 0.108. The van der Waals surface area contributed by atoms with Crippen molar-refractivity contribution in [2.45, 2.75) is 40.3 Å². The summed E-state index contributed by atoms with van der Waals surface area (Å²) in [5.41, 5.74) is 3.85. The van der Waals surface area contributed by atoms with Gasteiger partial charge in [0.15, 0.2) is 6.61 Å². The molecule has 0 bridgehead atoms. The van der Waals surface area contributed by atoms with Gasteiger partial charge >= 0.3 is 5.97 Å². The molecule has 0 N–H and O–H groups in total. The van der Waals surface area contributed by atoms with E-state index in [1.54, 1.807) is 29.7 Å². The third-order valence-corrected chi connectivity index (χ3v) is 5.08. The van der Waals surface area contributed by atoms with Crippen LogP contribution in [-0.2, 0) is 24.3 Å². The van der Waals surface area contributed by atoms with Crippen molar-refractivity contribution in [3.63, 3.8) is 0 Å². The monoisotopic (exact) mass is 418 g/mol.